The molecule has 0 aliphatic carbocycles. The van der Waals surface area contributed by atoms with Gasteiger partial charge in [-0.05, 0) is 48.7 Å². The van der Waals surface area contributed by atoms with Crippen LogP contribution in [-0.4, -0.2) is 70.0 Å². The summed E-state index contributed by atoms with van der Waals surface area (Å²) < 4.78 is 0. The summed E-state index contributed by atoms with van der Waals surface area (Å²) in [6.45, 7) is 5.16. The molecular weight excluding hydrogens is 512 g/mol. The number of nitrogens with zero attached hydrogens (tertiary/aromatic N) is 7. The quantitative estimate of drug-likeness (QED) is 0.387. The van der Waals surface area contributed by atoms with E-state index in [2.05, 4.69) is 30.1 Å². The maximum atomic E-state index is 13.5. The van der Waals surface area contributed by atoms with Crippen molar-refractivity contribution >= 4 is 46.0 Å². The number of amides is 1. The Hall–Kier alpha value is -3.98. The van der Waals surface area contributed by atoms with Crippen molar-refractivity contribution in [2.24, 2.45) is 5.92 Å². The Kier molecular flexibility index (Phi) is 7.40. The second-order valence-electron chi connectivity index (χ2n) is 10.0. The van der Waals surface area contributed by atoms with Gasteiger partial charge >= 0.3 is 0 Å². The minimum Gasteiger partial charge on any atom is -0.355 e. The number of pyridine rings is 2. The smallest absolute Gasteiger partial charge is 0.227 e. The molecule has 1 aromatic carbocycles. The third-order valence-electron chi connectivity index (χ3n) is 7.49. The number of halogens is 1. The molecule has 2 aliphatic rings. The molecule has 1 amide bonds. The SMILES string of the molecule is O=C(C1CCCN(c2nccc3nc(NCc4ccc(Cl)cc4)ncc23)C1)N1CCN(c2ccccn2)CC1. The summed E-state index contributed by atoms with van der Waals surface area (Å²) in [4.78, 5) is 38.4. The highest BCUT2D eigenvalue weighted by atomic mass is 35.5. The molecule has 200 valence electrons. The van der Waals surface area contributed by atoms with Crippen molar-refractivity contribution < 1.29 is 4.79 Å². The number of hydrogen-bond acceptors (Lipinski definition) is 8. The van der Waals surface area contributed by atoms with E-state index in [9.17, 15) is 4.79 Å². The zero-order valence-electron chi connectivity index (χ0n) is 21.7. The lowest BCUT2D eigenvalue weighted by Gasteiger charge is -2.39. The first-order valence-electron chi connectivity index (χ1n) is 13.4. The number of carbonyl (C=O) groups excluding carboxylic acids is 1. The number of piperazine rings is 1. The lowest BCUT2D eigenvalue weighted by atomic mass is 9.96. The van der Waals surface area contributed by atoms with Crippen molar-refractivity contribution in [2.75, 3.05) is 54.4 Å². The predicted octanol–water partition coefficient (Wildman–Crippen LogP) is 4.25. The van der Waals surface area contributed by atoms with Gasteiger partial charge in [-0.25, -0.2) is 19.9 Å². The first-order chi connectivity index (χ1) is 19.1. The highest BCUT2D eigenvalue weighted by Gasteiger charge is 2.32. The summed E-state index contributed by atoms with van der Waals surface area (Å²) in [6, 6.07) is 15.6. The molecule has 0 saturated carbocycles. The van der Waals surface area contributed by atoms with Gasteiger partial charge in [0.05, 0.1) is 16.8 Å². The highest BCUT2D eigenvalue weighted by Crippen LogP contribution is 2.29. The lowest BCUT2D eigenvalue weighted by Crippen LogP contribution is -2.52. The summed E-state index contributed by atoms with van der Waals surface area (Å²) in [5, 5.41) is 4.90. The molecular formula is C29H31ClN8O. The number of fused-ring (bicyclic) bond motifs is 1. The Bertz CT molecular complexity index is 1430. The van der Waals surface area contributed by atoms with Crippen molar-refractivity contribution in [1.82, 2.24) is 24.8 Å². The maximum absolute atomic E-state index is 13.5. The Morgan fingerprint density at radius 3 is 2.56 bits per heavy atom. The summed E-state index contributed by atoms with van der Waals surface area (Å²) >= 11 is 5.99. The zero-order valence-corrected chi connectivity index (χ0v) is 22.5. The molecule has 2 aliphatic heterocycles. The van der Waals surface area contributed by atoms with Gasteiger partial charge in [0.25, 0.3) is 0 Å². The van der Waals surface area contributed by atoms with Crippen molar-refractivity contribution in [3.05, 3.63) is 77.7 Å². The third-order valence-corrected chi connectivity index (χ3v) is 7.74. The molecule has 1 atom stereocenters. The number of carbonyl (C=O) groups is 1. The molecule has 0 spiro atoms. The second-order valence-corrected chi connectivity index (χ2v) is 10.5. The van der Waals surface area contributed by atoms with E-state index in [1.807, 2.05) is 65.8 Å². The Morgan fingerprint density at radius 1 is 0.923 bits per heavy atom. The van der Waals surface area contributed by atoms with Crippen LogP contribution in [0.3, 0.4) is 0 Å². The van der Waals surface area contributed by atoms with E-state index >= 15 is 0 Å². The molecule has 0 bridgehead atoms. The molecule has 6 rings (SSSR count). The van der Waals surface area contributed by atoms with Crippen LogP contribution in [0.5, 0.6) is 0 Å². The minimum absolute atomic E-state index is 0.0431. The normalized spacial score (nSPS) is 17.9. The number of piperidine rings is 1. The molecule has 5 heterocycles. The van der Waals surface area contributed by atoms with Crippen LogP contribution in [0.1, 0.15) is 18.4 Å². The largest absolute Gasteiger partial charge is 0.355 e. The Morgan fingerprint density at radius 2 is 1.77 bits per heavy atom. The van der Waals surface area contributed by atoms with Crippen LogP contribution in [0, 0.1) is 5.92 Å². The predicted molar refractivity (Wildman–Crippen MR) is 154 cm³/mol. The number of anilines is 3. The summed E-state index contributed by atoms with van der Waals surface area (Å²) in [7, 11) is 0. The van der Waals surface area contributed by atoms with E-state index in [0.717, 1.165) is 73.7 Å². The van der Waals surface area contributed by atoms with Crippen molar-refractivity contribution in [2.45, 2.75) is 19.4 Å². The molecule has 3 aromatic heterocycles. The molecule has 9 nitrogen and oxygen atoms in total. The standard InChI is InChI=1S/C29H31ClN8O/c30-23-8-6-21(7-9-23)18-33-29-34-19-24-25(35-29)10-12-32-27(24)38-13-3-4-22(20-38)28(39)37-16-14-36(15-17-37)26-5-1-2-11-31-26/h1-2,5-12,19,22H,3-4,13-18,20H2,(H,33,34,35). The minimum atomic E-state index is -0.0431. The molecule has 2 saturated heterocycles. The van der Waals surface area contributed by atoms with Gasteiger partial charge in [-0.1, -0.05) is 29.8 Å². The zero-order chi connectivity index (χ0) is 26.6. The van der Waals surface area contributed by atoms with E-state index in [-0.39, 0.29) is 11.8 Å². The van der Waals surface area contributed by atoms with Gasteiger partial charge in [0.2, 0.25) is 11.9 Å². The van der Waals surface area contributed by atoms with Crippen LogP contribution in [0.25, 0.3) is 10.9 Å². The van der Waals surface area contributed by atoms with Crippen LogP contribution < -0.4 is 15.1 Å². The Balaban J connectivity index is 1.10. The number of benzene rings is 1. The van der Waals surface area contributed by atoms with E-state index < -0.39 is 0 Å². The molecule has 2 fully saturated rings. The van der Waals surface area contributed by atoms with Crippen molar-refractivity contribution in [1.29, 1.82) is 0 Å². The molecule has 1 N–H and O–H groups in total. The van der Waals surface area contributed by atoms with Crippen LogP contribution in [0.15, 0.2) is 67.1 Å². The summed E-state index contributed by atoms with van der Waals surface area (Å²) in [6.07, 6.45) is 7.28. The first-order valence-corrected chi connectivity index (χ1v) is 13.8. The van der Waals surface area contributed by atoms with Crippen molar-refractivity contribution in [3.8, 4) is 0 Å². The molecule has 4 aromatic rings. The van der Waals surface area contributed by atoms with Gasteiger partial charge in [0, 0.05) is 69.4 Å². The van der Waals surface area contributed by atoms with Gasteiger partial charge in [-0.2, -0.15) is 0 Å². The summed E-state index contributed by atoms with van der Waals surface area (Å²) in [5.74, 6) is 2.57. The maximum Gasteiger partial charge on any atom is 0.227 e. The molecule has 0 radical (unpaired) electrons. The number of rotatable bonds is 6. The molecule has 10 heteroatoms. The van der Waals surface area contributed by atoms with E-state index in [1.165, 1.54) is 0 Å². The monoisotopic (exact) mass is 542 g/mol. The lowest BCUT2D eigenvalue weighted by molar-refractivity contribution is -0.136. The molecule has 1 unspecified atom stereocenters. The van der Waals surface area contributed by atoms with Gasteiger partial charge in [0.1, 0.15) is 11.6 Å². The van der Waals surface area contributed by atoms with E-state index in [0.29, 0.717) is 24.1 Å². The topological polar surface area (TPSA) is 90.4 Å². The highest BCUT2D eigenvalue weighted by molar-refractivity contribution is 6.30. The van der Waals surface area contributed by atoms with Gasteiger partial charge in [-0.15, -0.1) is 0 Å². The summed E-state index contributed by atoms with van der Waals surface area (Å²) in [5.41, 5.74) is 1.92. The van der Waals surface area contributed by atoms with Crippen molar-refractivity contribution in [3.63, 3.8) is 0 Å². The average Bonchev–Trinajstić information content (AvgIpc) is 3.00. The van der Waals surface area contributed by atoms with Gasteiger partial charge in [0.15, 0.2) is 0 Å². The first kappa shape index (κ1) is 25.3. The van der Waals surface area contributed by atoms with E-state index in [4.69, 9.17) is 16.6 Å². The number of nitrogens with one attached hydrogen (secondary N) is 1. The fourth-order valence-corrected chi connectivity index (χ4v) is 5.51. The van der Waals surface area contributed by atoms with Gasteiger partial charge in [-0.3, -0.25) is 4.79 Å². The van der Waals surface area contributed by atoms with Gasteiger partial charge < -0.3 is 20.0 Å². The molecule has 39 heavy (non-hydrogen) atoms. The average molecular weight is 543 g/mol. The third kappa shape index (κ3) is 5.73. The number of aromatic nitrogens is 4. The second kappa shape index (κ2) is 11.4. The Labute approximate surface area is 232 Å². The fourth-order valence-electron chi connectivity index (χ4n) is 5.39. The van der Waals surface area contributed by atoms with Crippen LogP contribution in [0.4, 0.5) is 17.6 Å². The van der Waals surface area contributed by atoms with Crippen LogP contribution in [0.2, 0.25) is 5.02 Å². The van der Waals surface area contributed by atoms with Crippen LogP contribution >= 0.6 is 11.6 Å². The fraction of sp³-hybridized carbons (Fsp3) is 0.345. The number of hydrogen-bond donors (Lipinski definition) is 1. The van der Waals surface area contributed by atoms with Crippen LogP contribution in [-0.2, 0) is 11.3 Å². The van der Waals surface area contributed by atoms with E-state index in [1.54, 1.807) is 6.20 Å².